The molecule has 0 unspecified atom stereocenters. The Hall–Kier alpha value is -0.640. The van der Waals surface area contributed by atoms with Crippen LogP contribution in [0.3, 0.4) is 0 Å². The average Bonchev–Trinajstić information content (AvgIpc) is 2.85. The standard InChI is InChI=1S/C16H18BrNS/c17-15-3-1-2-13(8-15)14-9-16(10-14)18-6-4-12-5-7-19-11-12/h1-3,5,7-8,11,14,16,18H,4,6,9-10H2. The molecular weight excluding hydrogens is 318 g/mol. The molecule has 1 fully saturated rings. The normalized spacial score (nSPS) is 22.2. The summed E-state index contributed by atoms with van der Waals surface area (Å²) in [5, 5.41) is 8.06. The van der Waals surface area contributed by atoms with E-state index in [1.54, 1.807) is 11.3 Å². The zero-order chi connectivity index (χ0) is 13.1. The summed E-state index contributed by atoms with van der Waals surface area (Å²) in [7, 11) is 0. The molecule has 3 rings (SSSR count). The molecule has 19 heavy (non-hydrogen) atoms. The Bertz CT molecular complexity index is 517. The third-order valence-corrected chi connectivity index (χ3v) is 5.11. The van der Waals surface area contributed by atoms with E-state index in [1.165, 1.54) is 28.4 Å². The molecule has 0 aliphatic heterocycles. The lowest BCUT2D eigenvalue weighted by Gasteiger charge is -2.36. The molecule has 1 aliphatic rings. The fourth-order valence-electron chi connectivity index (χ4n) is 2.67. The van der Waals surface area contributed by atoms with E-state index >= 15 is 0 Å². The molecular formula is C16H18BrNS. The van der Waals surface area contributed by atoms with Gasteiger partial charge >= 0.3 is 0 Å². The third kappa shape index (κ3) is 3.47. The third-order valence-electron chi connectivity index (χ3n) is 3.88. The van der Waals surface area contributed by atoms with E-state index in [0.29, 0.717) is 6.04 Å². The second-order valence-electron chi connectivity index (χ2n) is 5.26. The Morgan fingerprint density at radius 3 is 2.89 bits per heavy atom. The number of halogens is 1. The Morgan fingerprint density at radius 2 is 2.16 bits per heavy atom. The first-order chi connectivity index (χ1) is 9.31. The number of benzene rings is 1. The molecule has 2 aromatic rings. The van der Waals surface area contributed by atoms with Gasteiger partial charge in [0.25, 0.3) is 0 Å². The first-order valence-electron chi connectivity index (χ1n) is 6.81. The lowest BCUT2D eigenvalue weighted by Crippen LogP contribution is -2.40. The summed E-state index contributed by atoms with van der Waals surface area (Å²) < 4.78 is 1.19. The van der Waals surface area contributed by atoms with Crippen LogP contribution < -0.4 is 5.32 Å². The van der Waals surface area contributed by atoms with Gasteiger partial charge in [-0.15, -0.1) is 0 Å². The summed E-state index contributed by atoms with van der Waals surface area (Å²) >= 11 is 5.33. The Balaban J connectivity index is 1.41. The van der Waals surface area contributed by atoms with Crippen LogP contribution in [0, 0.1) is 0 Å². The van der Waals surface area contributed by atoms with Crippen molar-refractivity contribution in [2.75, 3.05) is 6.54 Å². The maximum Gasteiger partial charge on any atom is 0.0178 e. The number of hydrogen-bond donors (Lipinski definition) is 1. The highest BCUT2D eigenvalue weighted by atomic mass is 79.9. The van der Waals surface area contributed by atoms with Gasteiger partial charge in [-0.2, -0.15) is 11.3 Å². The summed E-state index contributed by atoms with van der Waals surface area (Å²) in [6.07, 6.45) is 3.71. The monoisotopic (exact) mass is 335 g/mol. The van der Waals surface area contributed by atoms with Crippen LogP contribution in [-0.2, 0) is 6.42 Å². The second kappa shape index (κ2) is 6.21. The minimum atomic E-state index is 0.711. The van der Waals surface area contributed by atoms with Gasteiger partial charge in [-0.25, -0.2) is 0 Å². The Morgan fingerprint density at radius 1 is 1.26 bits per heavy atom. The van der Waals surface area contributed by atoms with Gasteiger partial charge in [-0.1, -0.05) is 28.1 Å². The molecule has 100 valence electrons. The van der Waals surface area contributed by atoms with Crippen LogP contribution in [0.25, 0.3) is 0 Å². The molecule has 0 saturated heterocycles. The van der Waals surface area contributed by atoms with Crippen LogP contribution in [0.4, 0.5) is 0 Å². The lowest BCUT2D eigenvalue weighted by molar-refractivity contribution is 0.293. The second-order valence-corrected chi connectivity index (χ2v) is 6.95. The van der Waals surface area contributed by atoms with Gasteiger partial charge < -0.3 is 5.32 Å². The van der Waals surface area contributed by atoms with Crippen LogP contribution >= 0.6 is 27.3 Å². The Kier molecular flexibility index (Phi) is 4.36. The molecule has 0 amide bonds. The SMILES string of the molecule is Brc1cccc(C2CC(NCCc3ccsc3)C2)c1. The zero-order valence-electron chi connectivity index (χ0n) is 10.8. The maximum atomic E-state index is 3.66. The van der Waals surface area contributed by atoms with Gasteiger partial charge in [0.15, 0.2) is 0 Å². The first-order valence-corrected chi connectivity index (χ1v) is 8.55. The van der Waals surface area contributed by atoms with Crippen LogP contribution in [-0.4, -0.2) is 12.6 Å². The number of rotatable bonds is 5. The lowest BCUT2D eigenvalue weighted by atomic mass is 9.76. The molecule has 0 radical (unpaired) electrons. The van der Waals surface area contributed by atoms with Gasteiger partial charge in [-0.3, -0.25) is 0 Å². The van der Waals surface area contributed by atoms with Crippen molar-refractivity contribution in [3.8, 4) is 0 Å². The first kappa shape index (κ1) is 13.3. The largest absolute Gasteiger partial charge is 0.314 e. The maximum absolute atomic E-state index is 3.66. The van der Waals surface area contributed by atoms with E-state index in [9.17, 15) is 0 Å². The predicted octanol–water partition coefficient (Wildman–Crippen LogP) is 4.59. The van der Waals surface area contributed by atoms with Crippen molar-refractivity contribution in [1.29, 1.82) is 0 Å². The molecule has 1 saturated carbocycles. The van der Waals surface area contributed by atoms with Gasteiger partial charge in [0.05, 0.1) is 0 Å². The fraction of sp³-hybridized carbons (Fsp3) is 0.375. The topological polar surface area (TPSA) is 12.0 Å². The van der Waals surface area contributed by atoms with Crippen molar-refractivity contribution in [3.63, 3.8) is 0 Å². The smallest absolute Gasteiger partial charge is 0.0178 e. The van der Waals surface area contributed by atoms with Crippen LogP contribution in [0.2, 0.25) is 0 Å². The molecule has 0 atom stereocenters. The van der Waals surface area contributed by atoms with E-state index in [0.717, 1.165) is 18.9 Å². The van der Waals surface area contributed by atoms with Crippen LogP contribution in [0.15, 0.2) is 45.6 Å². The molecule has 3 heteroatoms. The van der Waals surface area contributed by atoms with E-state index in [1.807, 2.05) is 0 Å². The highest BCUT2D eigenvalue weighted by Gasteiger charge is 2.29. The van der Waals surface area contributed by atoms with E-state index < -0.39 is 0 Å². The highest BCUT2D eigenvalue weighted by molar-refractivity contribution is 9.10. The molecule has 0 bridgehead atoms. The van der Waals surface area contributed by atoms with Crippen molar-refractivity contribution < 1.29 is 0 Å². The van der Waals surface area contributed by atoms with Crippen molar-refractivity contribution >= 4 is 27.3 Å². The van der Waals surface area contributed by atoms with Crippen molar-refractivity contribution in [3.05, 3.63) is 56.7 Å². The minimum Gasteiger partial charge on any atom is -0.314 e. The summed E-state index contributed by atoms with van der Waals surface area (Å²) in [5.74, 6) is 0.746. The summed E-state index contributed by atoms with van der Waals surface area (Å²) in [6, 6.07) is 11.7. The molecule has 0 spiro atoms. The van der Waals surface area contributed by atoms with E-state index in [2.05, 4.69) is 62.3 Å². The van der Waals surface area contributed by atoms with Gasteiger partial charge in [0, 0.05) is 10.5 Å². The Labute approximate surface area is 127 Å². The number of thiophene rings is 1. The predicted molar refractivity (Wildman–Crippen MR) is 85.9 cm³/mol. The average molecular weight is 336 g/mol. The minimum absolute atomic E-state index is 0.711. The summed E-state index contributed by atoms with van der Waals surface area (Å²) in [6.45, 7) is 1.10. The summed E-state index contributed by atoms with van der Waals surface area (Å²) in [4.78, 5) is 0. The molecule has 1 heterocycles. The van der Waals surface area contributed by atoms with Gasteiger partial charge in [0.1, 0.15) is 0 Å². The van der Waals surface area contributed by atoms with E-state index in [4.69, 9.17) is 0 Å². The van der Waals surface area contributed by atoms with E-state index in [-0.39, 0.29) is 0 Å². The molecule has 1 nitrogen and oxygen atoms in total. The zero-order valence-corrected chi connectivity index (χ0v) is 13.2. The number of hydrogen-bond acceptors (Lipinski definition) is 2. The van der Waals surface area contributed by atoms with Crippen molar-refractivity contribution in [2.24, 2.45) is 0 Å². The molecule has 1 aliphatic carbocycles. The molecule has 1 aromatic heterocycles. The quantitative estimate of drug-likeness (QED) is 0.842. The van der Waals surface area contributed by atoms with Gasteiger partial charge in [0.2, 0.25) is 0 Å². The fourth-order valence-corrected chi connectivity index (χ4v) is 3.79. The summed E-state index contributed by atoms with van der Waals surface area (Å²) in [5.41, 5.74) is 2.94. The van der Waals surface area contributed by atoms with Crippen LogP contribution in [0.1, 0.15) is 29.9 Å². The van der Waals surface area contributed by atoms with Gasteiger partial charge in [-0.05, 0) is 71.8 Å². The van der Waals surface area contributed by atoms with Crippen molar-refractivity contribution in [2.45, 2.75) is 31.2 Å². The molecule has 1 N–H and O–H groups in total. The van der Waals surface area contributed by atoms with Crippen LogP contribution in [0.5, 0.6) is 0 Å². The highest BCUT2D eigenvalue weighted by Crippen LogP contribution is 2.37. The number of nitrogens with one attached hydrogen (secondary N) is 1. The van der Waals surface area contributed by atoms with Crippen molar-refractivity contribution in [1.82, 2.24) is 5.32 Å². The molecule has 1 aromatic carbocycles.